The second kappa shape index (κ2) is 8.50. The van der Waals surface area contributed by atoms with E-state index in [1.54, 1.807) is 6.20 Å². The van der Waals surface area contributed by atoms with Crippen molar-refractivity contribution in [2.45, 2.75) is 24.4 Å². The number of carbonyl (C=O) groups is 1. The Morgan fingerprint density at radius 1 is 1.61 bits per heavy atom. The molecule has 0 aromatic carbocycles. The first-order valence-corrected chi connectivity index (χ1v) is 7.50. The molecule has 1 heterocycles. The van der Waals surface area contributed by atoms with Gasteiger partial charge in [-0.25, -0.2) is 4.98 Å². The summed E-state index contributed by atoms with van der Waals surface area (Å²) in [4.78, 5) is 15.8. The van der Waals surface area contributed by atoms with E-state index in [9.17, 15) is 4.79 Å². The number of hydrogen-bond donors (Lipinski definition) is 1. The van der Waals surface area contributed by atoms with Gasteiger partial charge in [-0.05, 0) is 41.0 Å². The Morgan fingerprint density at radius 2 is 2.39 bits per heavy atom. The Labute approximate surface area is 120 Å². The number of carbonyl (C=O) groups excluding carboxylic acids is 1. The van der Waals surface area contributed by atoms with Gasteiger partial charge >= 0.3 is 5.97 Å². The van der Waals surface area contributed by atoms with Crippen molar-refractivity contribution in [2.75, 3.05) is 19.4 Å². The van der Waals surface area contributed by atoms with E-state index < -0.39 is 0 Å². The van der Waals surface area contributed by atoms with Crippen LogP contribution in [-0.2, 0) is 9.53 Å². The molecule has 100 valence electrons. The predicted octanol–water partition coefficient (Wildman–Crippen LogP) is 2.48. The number of nitrogens with zero attached hydrogens (tertiary/aromatic N) is 1. The number of rotatable bonds is 7. The maximum absolute atomic E-state index is 11.6. The molecule has 0 aliphatic heterocycles. The molecule has 1 atom stereocenters. The van der Waals surface area contributed by atoms with Crippen LogP contribution in [0.2, 0.25) is 0 Å². The highest BCUT2D eigenvalue weighted by molar-refractivity contribution is 9.10. The molecule has 0 saturated carbocycles. The van der Waals surface area contributed by atoms with Crippen molar-refractivity contribution in [3.63, 3.8) is 0 Å². The second-order valence-corrected chi connectivity index (χ2v) is 5.61. The number of aromatic nitrogens is 1. The third-order valence-corrected chi connectivity index (χ3v) is 3.73. The number of pyridine rings is 1. The lowest BCUT2D eigenvalue weighted by Crippen LogP contribution is -2.40. The zero-order valence-electron chi connectivity index (χ0n) is 10.5. The van der Waals surface area contributed by atoms with Crippen LogP contribution in [0, 0.1) is 0 Å². The lowest BCUT2D eigenvalue weighted by molar-refractivity contribution is -0.142. The average molecular weight is 333 g/mol. The van der Waals surface area contributed by atoms with Crippen LogP contribution in [0.1, 0.15) is 13.3 Å². The summed E-state index contributed by atoms with van der Waals surface area (Å²) < 4.78 is 5.72. The molecule has 0 spiro atoms. The van der Waals surface area contributed by atoms with Crippen molar-refractivity contribution in [3.05, 3.63) is 22.8 Å². The zero-order chi connectivity index (χ0) is 13.4. The highest BCUT2D eigenvalue weighted by atomic mass is 79.9. The van der Waals surface area contributed by atoms with Crippen molar-refractivity contribution < 1.29 is 9.53 Å². The van der Waals surface area contributed by atoms with Crippen molar-refractivity contribution in [3.8, 4) is 0 Å². The van der Waals surface area contributed by atoms with E-state index in [-0.39, 0.29) is 12.0 Å². The first-order valence-electron chi connectivity index (χ1n) is 5.73. The van der Waals surface area contributed by atoms with Gasteiger partial charge < -0.3 is 10.1 Å². The van der Waals surface area contributed by atoms with Crippen LogP contribution in [0.4, 0.5) is 0 Å². The van der Waals surface area contributed by atoms with Gasteiger partial charge in [0.05, 0.1) is 12.1 Å². The number of thioether (sulfide) groups is 1. The van der Waals surface area contributed by atoms with Gasteiger partial charge in [0.2, 0.25) is 0 Å². The zero-order valence-corrected chi connectivity index (χ0v) is 12.9. The molecule has 18 heavy (non-hydrogen) atoms. The maximum atomic E-state index is 11.6. The van der Waals surface area contributed by atoms with Crippen LogP contribution in [-0.4, -0.2) is 36.4 Å². The second-order valence-electron chi connectivity index (χ2n) is 3.66. The van der Waals surface area contributed by atoms with Gasteiger partial charge in [-0.3, -0.25) is 4.79 Å². The van der Waals surface area contributed by atoms with E-state index >= 15 is 0 Å². The Kier molecular flexibility index (Phi) is 7.31. The van der Waals surface area contributed by atoms with Gasteiger partial charge in [0.1, 0.15) is 6.04 Å². The van der Waals surface area contributed by atoms with Crippen LogP contribution in [0.3, 0.4) is 0 Å². The van der Waals surface area contributed by atoms with E-state index in [0.29, 0.717) is 5.75 Å². The fourth-order valence-corrected chi connectivity index (χ4v) is 2.40. The molecular formula is C12H17BrN2O2S. The van der Waals surface area contributed by atoms with Gasteiger partial charge in [0, 0.05) is 16.4 Å². The Hall–Kier alpha value is -0.590. The van der Waals surface area contributed by atoms with Gasteiger partial charge in [-0.2, -0.15) is 0 Å². The number of halogens is 1. The van der Waals surface area contributed by atoms with Gasteiger partial charge in [-0.1, -0.05) is 6.92 Å². The lowest BCUT2D eigenvalue weighted by atomic mass is 10.3. The molecule has 1 N–H and O–H groups in total. The number of hydrogen-bond acceptors (Lipinski definition) is 5. The maximum Gasteiger partial charge on any atom is 0.323 e. The van der Waals surface area contributed by atoms with Crippen LogP contribution < -0.4 is 5.32 Å². The third kappa shape index (κ3) is 5.37. The molecule has 0 saturated heterocycles. The summed E-state index contributed by atoms with van der Waals surface area (Å²) in [5, 5.41) is 4.06. The fraction of sp³-hybridized carbons (Fsp3) is 0.500. The minimum Gasteiger partial charge on any atom is -0.468 e. The quantitative estimate of drug-likeness (QED) is 0.614. The van der Waals surface area contributed by atoms with Gasteiger partial charge in [-0.15, -0.1) is 11.8 Å². The number of nitrogens with one attached hydrogen (secondary N) is 1. The molecule has 4 nitrogen and oxygen atoms in total. The summed E-state index contributed by atoms with van der Waals surface area (Å²) in [6.07, 6.45) is 2.73. The van der Waals surface area contributed by atoms with Crippen molar-refractivity contribution in [2.24, 2.45) is 0 Å². The summed E-state index contributed by atoms with van der Waals surface area (Å²) in [6.45, 7) is 2.86. The number of ether oxygens (including phenoxy) is 1. The fourth-order valence-electron chi connectivity index (χ4n) is 1.29. The molecule has 0 aliphatic carbocycles. The molecule has 0 bridgehead atoms. The average Bonchev–Trinajstić information content (AvgIpc) is 2.40. The van der Waals surface area contributed by atoms with Crippen molar-refractivity contribution >= 4 is 33.7 Å². The monoisotopic (exact) mass is 332 g/mol. The van der Waals surface area contributed by atoms with E-state index in [1.165, 1.54) is 18.9 Å². The molecule has 1 rings (SSSR count). The highest BCUT2D eigenvalue weighted by Gasteiger charge is 2.18. The standard InChI is InChI=1S/C12H17BrN2O2S/c1-3-6-14-10(12(16)17-2)8-18-11-5-4-9(13)7-15-11/h4-5,7,10,14H,3,6,8H2,1-2H3. The van der Waals surface area contributed by atoms with Gasteiger partial charge in [0.25, 0.3) is 0 Å². The largest absolute Gasteiger partial charge is 0.468 e. The Morgan fingerprint density at radius 3 is 2.94 bits per heavy atom. The summed E-state index contributed by atoms with van der Waals surface area (Å²) in [7, 11) is 1.41. The minimum atomic E-state index is -0.287. The smallest absolute Gasteiger partial charge is 0.323 e. The summed E-state index contributed by atoms with van der Waals surface area (Å²) in [5.41, 5.74) is 0. The Bertz CT molecular complexity index is 373. The SMILES string of the molecule is CCCNC(CSc1ccc(Br)cn1)C(=O)OC. The molecular weight excluding hydrogens is 316 g/mol. The van der Waals surface area contributed by atoms with Crippen LogP contribution in [0.25, 0.3) is 0 Å². The third-order valence-electron chi connectivity index (χ3n) is 2.22. The highest BCUT2D eigenvalue weighted by Crippen LogP contribution is 2.18. The van der Waals surface area contributed by atoms with Gasteiger partial charge in [0.15, 0.2) is 0 Å². The summed E-state index contributed by atoms with van der Waals surface area (Å²) in [5.74, 6) is 0.384. The van der Waals surface area contributed by atoms with Crippen molar-refractivity contribution in [1.29, 1.82) is 0 Å². The van der Waals surface area contributed by atoms with E-state index in [0.717, 1.165) is 22.5 Å². The normalized spacial score (nSPS) is 12.2. The van der Waals surface area contributed by atoms with Crippen LogP contribution in [0.15, 0.2) is 27.8 Å². The molecule has 0 fully saturated rings. The first kappa shape index (κ1) is 15.5. The van der Waals surface area contributed by atoms with Crippen LogP contribution >= 0.6 is 27.7 Å². The lowest BCUT2D eigenvalue weighted by Gasteiger charge is -2.15. The molecule has 6 heteroatoms. The number of methoxy groups -OCH3 is 1. The number of esters is 1. The molecule has 1 aromatic rings. The van der Waals surface area contributed by atoms with E-state index in [1.807, 2.05) is 12.1 Å². The minimum absolute atomic E-state index is 0.229. The Balaban J connectivity index is 2.50. The first-order chi connectivity index (χ1) is 8.67. The topological polar surface area (TPSA) is 51.2 Å². The molecule has 1 aromatic heterocycles. The molecule has 0 amide bonds. The summed E-state index contributed by atoms with van der Waals surface area (Å²) >= 11 is 4.87. The van der Waals surface area contributed by atoms with Crippen molar-refractivity contribution in [1.82, 2.24) is 10.3 Å². The van der Waals surface area contributed by atoms with E-state index in [4.69, 9.17) is 4.74 Å². The molecule has 0 aliphatic rings. The molecule has 0 radical (unpaired) electrons. The van der Waals surface area contributed by atoms with Crippen LogP contribution in [0.5, 0.6) is 0 Å². The predicted molar refractivity (Wildman–Crippen MR) is 76.8 cm³/mol. The molecule has 1 unspecified atom stereocenters. The summed E-state index contributed by atoms with van der Waals surface area (Å²) in [6, 6.07) is 3.57. The van der Waals surface area contributed by atoms with E-state index in [2.05, 4.69) is 33.2 Å².